The van der Waals surface area contributed by atoms with Crippen LogP contribution in [0.2, 0.25) is 0 Å². The van der Waals surface area contributed by atoms with E-state index in [1.807, 2.05) is 19.1 Å². The summed E-state index contributed by atoms with van der Waals surface area (Å²) in [6.45, 7) is 2.45. The standard InChI is InChI=1S/C15H18N4O3/c1-9-2-4-11-10(8-9)3-5-12(21-11)14(20)17-7-6-13-18-15(16)19-22-13/h2,4,8,12H,3,5-7H2,1H3,(H2,16,19)(H,17,20)/t12-/m0/s1. The molecule has 0 aliphatic carbocycles. The molecule has 0 saturated carbocycles. The van der Waals surface area contributed by atoms with Crippen LogP contribution < -0.4 is 15.8 Å². The SMILES string of the molecule is Cc1ccc2c(c1)CC[C@@H](C(=O)NCCc1nc(N)no1)O2. The van der Waals surface area contributed by atoms with Gasteiger partial charge >= 0.3 is 0 Å². The monoisotopic (exact) mass is 302 g/mol. The van der Waals surface area contributed by atoms with Crippen molar-refractivity contribution in [2.75, 3.05) is 12.3 Å². The molecule has 1 aromatic carbocycles. The maximum absolute atomic E-state index is 12.1. The molecular weight excluding hydrogens is 284 g/mol. The Bertz CT molecular complexity index is 683. The molecule has 1 atom stereocenters. The van der Waals surface area contributed by atoms with E-state index in [4.69, 9.17) is 15.0 Å². The highest BCUT2D eigenvalue weighted by atomic mass is 16.5. The Morgan fingerprint density at radius 1 is 1.50 bits per heavy atom. The van der Waals surface area contributed by atoms with E-state index in [9.17, 15) is 4.79 Å². The third-order valence-electron chi connectivity index (χ3n) is 3.58. The number of nitrogen functional groups attached to an aromatic ring is 1. The number of ether oxygens (including phenoxy) is 1. The van der Waals surface area contributed by atoms with Gasteiger partial charge in [-0.05, 0) is 36.6 Å². The lowest BCUT2D eigenvalue weighted by Crippen LogP contribution is -2.41. The maximum Gasteiger partial charge on any atom is 0.261 e. The summed E-state index contributed by atoms with van der Waals surface area (Å²) in [5, 5.41) is 6.31. The Morgan fingerprint density at radius 2 is 2.36 bits per heavy atom. The van der Waals surface area contributed by atoms with Gasteiger partial charge in [-0.3, -0.25) is 4.79 Å². The van der Waals surface area contributed by atoms with E-state index in [-0.39, 0.29) is 11.9 Å². The van der Waals surface area contributed by atoms with Gasteiger partial charge in [0.1, 0.15) is 5.75 Å². The molecule has 1 amide bonds. The smallest absolute Gasteiger partial charge is 0.261 e. The fourth-order valence-electron chi connectivity index (χ4n) is 2.48. The first-order valence-electron chi connectivity index (χ1n) is 7.24. The molecule has 2 heterocycles. The number of benzene rings is 1. The summed E-state index contributed by atoms with van der Waals surface area (Å²) in [5.41, 5.74) is 7.72. The van der Waals surface area contributed by atoms with Crippen LogP contribution in [-0.4, -0.2) is 28.7 Å². The first kappa shape index (κ1) is 14.4. The molecule has 1 aromatic heterocycles. The Hall–Kier alpha value is -2.57. The molecule has 7 heteroatoms. The number of nitrogens with two attached hydrogens (primary N) is 1. The van der Waals surface area contributed by atoms with Crippen LogP contribution >= 0.6 is 0 Å². The fraction of sp³-hybridized carbons (Fsp3) is 0.400. The van der Waals surface area contributed by atoms with Crippen LogP contribution in [0.15, 0.2) is 22.7 Å². The van der Waals surface area contributed by atoms with E-state index >= 15 is 0 Å². The molecule has 2 aromatic rings. The van der Waals surface area contributed by atoms with Gasteiger partial charge in [-0.15, -0.1) is 0 Å². The topological polar surface area (TPSA) is 103 Å². The molecule has 0 radical (unpaired) electrons. The third-order valence-corrected chi connectivity index (χ3v) is 3.58. The lowest BCUT2D eigenvalue weighted by molar-refractivity contribution is -0.128. The average molecular weight is 302 g/mol. The molecule has 0 spiro atoms. The number of aryl methyl sites for hydroxylation is 2. The van der Waals surface area contributed by atoms with Crippen LogP contribution in [0, 0.1) is 6.92 Å². The number of carbonyl (C=O) groups is 1. The van der Waals surface area contributed by atoms with Gasteiger partial charge in [-0.2, -0.15) is 4.98 Å². The van der Waals surface area contributed by atoms with Crippen molar-refractivity contribution in [3.8, 4) is 5.75 Å². The molecule has 0 unspecified atom stereocenters. The molecule has 1 aliphatic rings. The molecule has 3 rings (SSSR count). The molecule has 0 saturated heterocycles. The largest absolute Gasteiger partial charge is 0.480 e. The number of aromatic nitrogens is 2. The van der Waals surface area contributed by atoms with Crippen molar-refractivity contribution in [1.29, 1.82) is 0 Å². The third kappa shape index (κ3) is 3.19. The van der Waals surface area contributed by atoms with Gasteiger partial charge < -0.3 is 20.3 Å². The predicted octanol–water partition coefficient (Wildman–Crippen LogP) is 1.01. The normalized spacial score (nSPS) is 16.7. The quantitative estimate of drug-likeness (QED) is 0.873. The zero-order valence-electron chi connectivity index (χ0n) is 12.3. The van der Waals surface area contributed by atoms with Crippen LogP contribution in [0.4, 0.5) is 5.95 Å². The summed E-state index contributed by atoms with van der Waals surface area (Å²) < 4.78 is 10.7. The number of carbonyl (C=O) groups excluding carboxylic acids is 1. The molecule has 0 bridgehead atoms. The zero-order valence-corrected chi connectivity index (χ0v) is 12.3. The van der Waals surface area contributed by atoms with Crippen molar-refractivity contribution in [3.63, 3.8) is 0 Å². The van der Waals surface area contributed by atoms with Crippen molar-refractivity contribution >= 4 is 11.9 Å². The van der Waals surface area contributed by atoms with Crippen LogP contribution in [0.25, 0.3) is 0 Å². The first-order chi connectivity index (χ1) is 10.6. The number of fused-ring (bicyclic) bond motifs is 1. The average Bonchev–Trinajstić information content (AvgIpc) is 2.92. The van der Waals surface area contributed by atoms with E-state index in [0.717, 1.165) is 17.7 Å². The van der Waals surface area contributed by atoms with Crippen LogP contribution in [-0.2, 0) is 17.6 Å². The van der Waals surface area contributed by atoms with Crippen LogP contribution in [0.1, 0.15) is 23.4 Å². The zero-order chi connectivity index (χ0) is 15.5. The van der Waals surface area contributed by atoms with E-state index in [1.165, 1.54) is 5.56 Å². The second-order valence-corrected chi connectivity index (χ2v) is 5.34. The molecule has 0 fully saturated rings. The molecule has 3 N–H and O–H groups in total. The van der Waals surface area contributed by atoms with E-state index < -0.39 is 6.10 Å². The van der Waals surface area contributed by atoms with Gasteiger partial charge in [0.05, 0.1) is 0 Å². The van der Waals surface area contributed by atoms with Crippen molar-refractivity contribution in [1.82, 2.24) is 15.5 Å². The summed E-state index contributed by atoms with van der Waals surface area (Å²) in [7, 11) is 0. The summed E-state index contributed by atoms with van der Waals surface area (Å²) in [6.07, 6.45) is 1.51. The number of nitrogens with one attached hydrogen (secondary N) is 1. The molecular formula is C15H18N4O3. The van der Waals surface area contributed by atoms with E-state index in [0.29, 0.717) is 25.3 Å². The number of hydrogen-bond donors (Lipinski definition) is 2. The van der Waals surface area contributed by atoms with Gasteiger partial charge in [-0.25, -0.2) is 0 Å². The number of hydrogen-bond acceptors (Lipinski definition) is 6. The predicted molar refractivity (Wildman–Crippen MR) is 79.3 cm³/mol. The second kappa shape index (κ2) is 6.05. The maximum atomic E-state index is 12.1. The first-order valence-corrected chi connectivity index (χ1v) is 7.24. The van der Waals surface area contributed by atoms with Gasteiger partial charge in [0.25, 0.3) is 11.9 Å². The van der Waals surface area contributed by atoms with Crippen LogP contribution in [0.3, 0.4) is 0 Å². The Balaban J connectivity index is 1.52. The Kier molecular flexibility index (Phi) is 3.95. The molecule has 1 aliphatic heterocycles. The number of anilines is 1. The Labute approximate surface area is 127 Å². The minimum atomic E-state index is -0.456. The Morgan fingerprint density at radius 3 is 3.14 bits per heavy atom. The highest BCUT2D eigenvalue weighted by molar-refractivity contribution is 5.81. The fourth-order valence-corrected chi connectivity index (χ4v) is 2.48. The van der Waals surface area contributed by atoms with Gasteiger partial charge in [0.15, 0.2) is 6.10 Å². The number of nitrogens with zero attached hydrogens (tertiary/aromatic N) is 2. The summed E-state index contributed by atoms with van der Waals surface area (Å²) in [4.78, 5) is 16.0. The molecule has 22 heavy (non-hydrogen) atoms. The lowest BCUT2D eigenvalue weighted by Gasteiger charge is -2.25. The summed E-state index contributed by atoms with van der Waals surface area (Å²) in [6, 6.07) is 6.01. The number of rotatable bonds is 4. The van der Waals surface area contributed by atoms with Crippen molar-refractivity contribution in [2.45, 2.75) is 32.3 Å². The lowest BCUT2D eigenvalue weighted by atomic mass is 10.00. The molecule has 116 valence electrons. The van der Waals surface area contributed by atoms with Crippen LogP contribution in [0.5, 0.6) is 5.75 Å². The van der Waals surface area contributed by atoms with Crippen molar-refractivity contribution in [2.24, 2.45) is 0 Å². The second-order valence-electron chi connectivity index (χ2n) is 5.34. The minimum absolute atomic E-state index is 0.101. The highest BCUT2D eigenvalue weighted by Crippen LogP contribution is 2.28. The van der Waals surface area contributed by atoms with E-state index in [2.05, 4.69) is 21.5 Å². The minimum Gasteiger partial charge on any atom is -0.480 e. The highest BCUT2D eigenvalue weighted by Gasteiger charge is 2.25. The van der Waals surface area contributed by atoms with Crippen molar-refractivity contribution in [3.05, 3.63) is 35.2 Å². The van der Waals surface area contributed by atoms with Gasteiger partial charge in [0, 0.05) is 13.0 Å². The molecule has 7 nitrogen and oxygen atoms in total. The summed E-state index contributed by atoms with van der Waals surface area (Å²) in [5.74, 6) is 1.17. The van der Waals surface area contributed by atoms with Gasteiger partial charge in [0.2, 0.25) is 5.89 Å². The summed E-state index contributed by atoms with van der Waals surface area (Å²) >= 11 is 0. The van der Waals surface area contributed by atoms with Crippen molar-refractivity contribution < 1.29 is 14.1 Å². The van der Waals surface area contributed by atoms with E-state index in [1.54, 1.807) is 0 Å². The number of amides is 1. The van der Waals surface area contributed by atoms with Gasteiger partial charge in [-0.1, -0.05) is 17.7 Å².